The monoisotopic (exact) mass is 377 g/mol. The fraction of sp³-hybridized carbons (Fsp3) is 0.111. The molecule has 0 aliphatic rings. The van der Waals surface area contributed by atoms with Crippen LogP contribution in [0.3, 0.4) is 0 Å². The molecule has 17 heavy (non-hydrogen) atoms. The van der Waals surface area contributed by atoms with Crippen LogP contribution < -0.4 is 5.32 Å². The van der Waals surface area contributed by atoms with Crippen LogP contribution in [0.4, 0.5) is 18.9 Å². The summed E-state index contributed by atoms with van der Waals surface area (Å²) in [4.78, 5) is 21.4. The lowest BCUT2D eigenvalue weighted by Gasteiger charge is -2.13. The third-order valence-corrected chi connectivity index (χ3v) is 2.56. The first-order valence-corrected chi connectivity index (χ1v) is 5.55. The highest BCUT2D eigenvalue weighted by Gasteiger charge is 2.34. The summed E-state index contributed by atoms with van der Waals surface area (Å²) in [7, 11) is 0. The van der Waals surface area contributed by atoms with E-state index in [0.29, 0.717) is 3.57 Å². The van der Waals surface area contributed by atoms with Crippen molar-refractivity contribution < 1.29 is 22.8 Å². The zero-order valence-electron chi connectivity index (χ0n) is 7.94. The van der Waals surface area contributed by atoms with Gasteiger partial charge in [0, 0.05) is 3.57 Å². The van der Waals surface area contributed by atoms with Crippen molar-refractivity contribution in [1.29, 1.82) is 0 Å². The molecule has 0 spiro atoms. The molecule has 0 aliphatic carbocycles. The van der Waals surface area contributed by atoms with E-state index in [1.807, 2.05) is 0 Å². The molecule has 0 heterocycles. The smallest absolute Gasteiger partial charge is 0.318 e. The maximum absolute atomic E-state index is 12.6. The highest BCUT2D eigenvalue weighted by molar-refractivity contribution is 14.1. The van der Waals surface area contributed by atoms with E-state index in [9.17, 15) is 22.8 Å². The van der Waals surface area contributed by atoms with Crippen molar-refractivity contribution in [3.63, 3.8) is 0 Å². The standard InChI is InChI=1S/C9H4ClF3INO2/c10-7(16)8(17)15-6-2-1-4(14)3-5(6)9(11,12)13/h1-3H,(H,15,17). The second-order valence-electron chi connectivity index (χ2n) is 2.92. The van der Waals surface area contributed by atoms with E-state index in [0.717, 1.165) is 12.1 Å². The summed E-state index contributed by atoms with van der Waals surface area (Å²) < 4.78 is 38.2. The number of alkyl halides is 3. The number of halogens is 5. The fourth-order valence-electron chi connectivity index (χ4n) is 1.03. The molecule has 1 aromatic rings. The van der Waals surface area contributed by atoms with Gasteiger partial charge in [-0.25, -0.2) is 0 Å². The molecule has 8 heteroatoms. The molecule has 1 N–H and O–H groups in total. The van der Waals surface area contributed by atoms with Gasteiger partial charge in [-0.15, -0.1) is 0 Å². The van der Waals surface area contributed by atoms with Gasteiger partial charge in [0.05, 0.1) is 11.3 Å². The number of anilines is 1. The first-order valence-electron chi connectivity index (χ1n) is 4.09. The summed E-state index contributed by atoms with van der Waals surface area (Å²) in [5.74, 6) is -1.31. The SMILES string of the molecule is O=C(Cl)C(=O)Nc1ccc(I)cc1C(F)(F)F. The Labute approximate surface area is 112 Å². The largest absolute Gasteiger partial charge is 0.418 e. The quantitative estimate of drug-likeness (QED) is 0.489. The summed E-state index contributed by atoms with van der Waals surface area (Å²) in [6.45, 7) is 0. The van der Waals surface area contributed by atoms with Crippen LogP contribution in [-0.4, -0.2) is 11.1 Å². The average Bonchev–Trinajstić information content (AvgIpc) is 2.18. The Kier molecular flexibility index (Phi) is 4.36. The Bertz CT molecular complexity index is 476. The average molecular weight is 377 g/mol. The number of amides is 1. The van der Waals surface area contributed by atoms with Gasteiger partial charge in [-0.2, -0.15) is 13.2 Å². The van der Waals surface area contributed by atoms with E-state index in [1.165, 1.54) is 6.07 Å². The normalized spacial score (nSPS) is 11.1. The molecule has 0 bridgehead atoms. The Morgan fingerprint density at radius 2 is 1.88 bits per heavy atom. The fourth-order valence-corrected chi connectivity index (χ4v) is 1.57. The highest BCUT2D eigenvalue weighted by Crippen LogP contribution is 2.35. The molecular weight excluding hydrogens is 373 g/mol. The Hall–Kier alpha value is -0.830. The first-order chi connectivity index (χ1) is 7.71. The molecule has 0 atom stereocenters. The Morgan fingerprint density at radius 3 is 2.35 bits per heavy atom. The minimum atomic E-state index is -4.63. The van der Waals surface area contributed by atoms with Crippen LogP contribution in [0.25, 0.3) is 0 Å². The number of carbonyl (C=O) groups is 2. The second-order valence-corrected chi connectivity index (χ2v) is 4.50. The van der Waals surface area contributed by atoms with E-state index >= 15 is 0 Å². The highest BCUT2D eigenvalue weighted by atomic mass is 127. The number of hydrogen-bond acceptors (Lipinski definition) is 2. The number of nitrogens with one attached hydrogen (secondary N) is 1. The lowest BCUT2D eigenvalue weighted by atomic mass is 10.1. The number of hydrogen-bond donors (Lipinski definition) is 1. The van der Waals surface area contributed by atoms with Crippen LogP contribution in [0.5, 0.6) is 0 Å². The topological polar surface area (TPSA) is 46.2 Å². The van der Waals surface area contributed by atoms with Crippen LogP contribution in [0, 0.1) is 3.57 Å². The number of benzene rings is 1. The van der Waals surface area contributed by atoms with Gasteiger partial charge in [0.1, 0.15) is 0 Å². The summed E-state index contributed by atoms with van der Waals surface area (Å²) in [6, 6.07) is 3.28. The molecule has 0 saturated heterocycles. The van der Waals surface area contributed by atoms with Crippen LogP contribution in [0.15, 0.2) is 18.2 Å². The van der Waals surface area contributed by atoms with Crippen LogP contribution in [0.1, 0.15) is 5.56 Å². The van der Waals surface area contributed by atoms with Crippen molar-refractivity contribution in [3.8, 4) is 0 Å². The summed E-state index contributed by atoms with van der Waals surface area (Å²) in [5.41, 5.74) is -1.53. The predicted octanol–water partition coefficient (Wildman–Crippen LogP) is 3.01. The third-order valence-electron chi connectivity index (χ3n) is 1.71. The van der Waals surface area contributed by atoms with Gasteiger partial charge in [-0.3, -0.25) is 9.59 Å². The lowest BCUT2D eigenvalue weighted by molar-refractivity contribution is -0.137. The van der Waals surface area contributed by atoms with Gasteiger partial charge < -0.3 is 5.32 Å². The van der Waals surface area contributed by atoms with Gasteiger partial charge in [-0.05, 0) is 52.4 Å². The van der Waals surface area contributed by atoms with Gasteiger partial charge in [-0.1, -0.05) is 0 Å². The van der Waals surface area contributed by atoms with E-state index in [1.54, 1.807) is 27.9 Å². The maximum Gasteiger partial charge on any atom is 0.418 e. The number of carbonyl (C=O) groups excluding carboxylic acids is 2. The summed E-state index contributed by atoms with van der Waals surface area (Å²) in [6.07, 6.45) is -4.63. The van der Waals surface area contributed by atoms with Crippen LogP contribution >= 0.6 is 34.2 Å². The van der Waals surface area contributed by atoms with Crippen molar-refractivity contribution in [1.82, 2.24) is 0 Å². The maximum atomic E-state index is 12.6. The van der Waals surface area contributed by atoms with E-state index in [4.69, 9.17) is 11.6 Å². The van der Waals surface area contributed by atoms with Crippen LogP contribution in [0.2, 0.25) is 0 Å². The zero-order valence-corrected chi connectivity index (χ0v) is 10.9. The van der Waals surface area contributed by atoms with Crippen LogP contribution in [-0.2, 0) is 15.8 Å². The minimum Gasteiger partial charge on any atom is -0.318 e. The van der Waals surface area contributed by atoms with Gasteiger partial charge in [0.2, 0.25) is 0 Å². The Balaban J connectivity index is 3.16. The predicted molar refractivity (Wildman–Crippen MR) is 63.7 cm³/mol. The molecule has 0 radical (unpaired) electrons. The van der Waals surface area contributed by atoms with Crippen molar-refractivity contribution in [2.24, 2.45) is 0 Å². The molecule has 0 fully saturated rings. The molecule has 1 amide bonds. The summed E-state index contributed by atoms with van der Waals surface area (Å²) in [5, 5.41) is 0.422. The van der Waals surface area contributed by atoms with Gasteiger partial charge in [0.25, 0.3) is 0 Å². The molecule has 1 aromatic carbocycles. The van der Waals surface area contributed by atoms with Crippen molar-refractivity contribution in [3.05, 3.63) is 27.3 Å². The minimum absolute atomic E-state index is 0.352. The molecular formula is C9H4ClF3INO2. The number of rotatable bonds is 2. The van der Waals surface area contributed by atoms with Crippen molar-refractivity contribution in [2.45, 2.75) is 6.18 Å². The first kappa shape index (κ1) is 14.2. The molecule has 0 saturated carbocycles. The zero-order chi connectivity index (χ0) is 13.2. The second kappa shape index (κ2) is 5.21. The van der Waals surface area contributed by atoms with E-state index in [-0.39, 0.29) is 0 Å². The Morgan fingerprint density at radius 1 is 1.29 bits per heavy atom. The third kappa shape index (κ3) is 3.84. The van der Waals surface area contributed by atoms with Gasteiger partial charge >= 0.3 is 17.3 Å². The molecule has 92 valence electrons. The summed E-state index contributed by atoms with van der Waals surface area (Å²) >= 11 is 6.55. The van der Waals surface area contributed by atoms with E-state index in [2.05, 4.69) is 0 Å². The molecule has 0 aromatic heterocycles. The molecule has 1 rings (SSSR count). The molecule has 3 nitrogen and oxygen atoms in total. The van der Waals surface area contributed by atoms with E-state index < -0.39 is 28.6 Å². The van der Waals surface area contributed by atoms with Crippen molar-refractivity contribution >= 4 is 51.0 Å². The molecule has 0 unspecified atom stereocenters. The van der Waals surface area contributed by atoms with Crippen molar-refractivity contribution in [2.75, 3.05) is 5.32 Å². The molecule has 0 aliphatic heterocycles. The lowest BCUT2D eigenvalue weighted by Crippen LogP contribution is -2.21. The van der Waals surface area contributed by atoms with Gasteiger partial charge in [0.15, 0.2) is 0 Å².